The monoisotopic (exact) mass is 301 g/mol. The normalized spacial score (nSPS) is 17.8. The van der Waals surface area contributed by atoms with E-state index in [9.17, 15) is 5.11 Å². The Kier molecular flexibility index (Phi) is 5.48. The number of aliphatic hydroxyl groups excluding tert-OH is 1. The molecule has 2 heterocycles. The summed E-state index contributed by atoms with van der Waals surface area (Å²) in [5.41, 5.74) is 0. The van der Waals surface area contributed by atoms with Crippen LogP contribution < -0.4 is 5.32 Å². The molecule has 1 fully saturated rings. The van der Waals surface area contributed by atoms with Gasteiger partial charge in [0.2, 0.25) is 0 Å². The molecule has 0 aliphatic carbocycles. The fraction of sp³-hybridized carbons (Fsp3) is 0.615. The molecule has 0 bridgehead atoms. The van der Waals surface area contributed by atoms with E-state index in [4.69, 9.17) is 11.6 Å². The van der Waals surface area contributed by atoms with Crippen molar-refractivity contribution in [2.75, 3.05) is 26.2 Å². The lowest BCUT2D eigenvalue weighted by Crippen LogP contribution is -2.39. The van der Waals surface area contributed by atoms with Crippen LogP contribution in [0.15, 0.2) is 17.1 Å². The number of aliphatic imine (C=N–C) groups is 1. The fourth-order valence-electron chi connectivity index (χ4n) is 2.13. The third kappa shape index (κ3) is 4.09. The maximum absolute atomic E-state index is 10.1. The molecule has 0 radical (unpaired) electrons. The number of halogens is 1. The van der Waals surface area contributed by atoms with Crippen molar-refractivity contribution in [1.82, 2.24) is 10.2 Å². The zero-order valence-electron chi connectivity index (χ0n) is 11.1. The average molecular weight is 302 g/mol. The first-order valence-electron chi connectivity index (χ1n) is 6.67. The number of guanidine groups is 1. The van der Waals surface area contributed by atoms with Gasteiger partial charge in [-0.05, 0) is 31.9 Å². The second-order valence-corrected chi connectivity index (χ2v) is 6.29. The van der Waals surface area contributed by atoms with E-state index >= 15 is 0 Å². The van der Waals surface area contributed by atoms with E-state index in [1.54, 1.807) is 6.07 Å². The third-order valence-electron chi connectivity index (χ3n) is 3.08. The summed E-state index contributed by atoms with van der Waals surface area (Å²) in [5, 5.41) is 13.4. The molecule has 1 unspecified atom stereocenters. The van der Waals surface area contributed by atoms with E-state index < -0.39 is 6.10 Å². The quantitative estimate of drug-likeness (QED) is 0.663. The number of likely N-dealkylation sites (tertiary alicyclic amines) is 1. The van der Waals surface area contributed by atoms with Crippen LogP contribution in [0.25, 0.3) is 0 Å². The van der Waals surface area contributed by atoms with E-state index in [1.165, 1.54) is 24.2 Å². The van der Waals surface area contributed by atoms with Crippen molar-refractivity contribution in [3.63, 3.8) is 0 Å². The Hall–Kier alpha value is -0.780. The second kappa shape index (κ2) is 7.12. The minimum Gasteiger partial charge on any atom is -0.386 e. The Bertz CT molecular complexity index is 429. The minimum atomic E-state index is -0.575. The van der Waals surface area contributed by atoms with E-state index in [0.29, 0.717) is 10.9 Å². The number of thiophene rings is 1. The Morgan fingerprint density at radius 1 is 1.53 bits per heavy atom. The molecular weight excluding hydrogens is 282 g/mol. The van der Waals surface area contributed by atoms with Gasteiger partial charge in [-0.2, -0.15) is 0 Å². The van der Waals surface area contributed by atoms with Crippen molar-refractivity contribution in [3.8, 4) is 0 Å². The first-order valence-corrected chi connectivity index (χ1v) is 7.86. The lowest BCUT2D eigenvalue weighted by Gasteiger charge is -2.21. The maximum atomic E-state index is 10.1. The van der Waals surface area contributed by atoms with Crippen molar-refractivity contribution in [2.45, 2.75) is 25.9 Å². The summed E-state index contributed by atoms with van der Waals surface area (Å²) in [6.07, 6.45) is 1.86. The summed E-state index contributed by atoms with van der Waals surface area (Å²) in [7, 11) is 0. The van der Waals surface area contributed by atoms with Crippen LogP contribution in [0.5, 0.6) is 0 Å². The van der Waals surface area contributed by atoms with E-state index in [-0.39, 0.29) is 0 Å². The predicted octanol–water partition coefficient (Wildman–Crippen LogP) is 2.50. The van der Waals surface area contributed by atoms with Crippen LogP contribution in [0.3, 0.4) is 0 Å². The van der Waals surface area contributed by atoms with Gasteiger partial charge in [0.15, 0.2) is 5.96 Å². The van der Waals surface area contributed by atoms with Gasteiger partial charge in [0.05, 0.1) is 10.9 Å². The summed E-state index contributed by atoms with van der Waals surface area (Å²) in [4.78, 5) is 7.64. The maximum Gasteiger partial charge on any atom is 0.194 e. The van der Waals surface area contributed by atoms with Crippen molar-refractivity contribution < 1.29 is 5.11 Å². The number of aliphatic hydroxyl groups is 1. The smallest absolute Gasteiger partial charge is 0.194 e. The van der Waals surface area contributed by atoms with Crippen molar-refractivity contribution in [2.24, 2.45) is 4.99 Å². The topological polar surface area (TPSA) is 47.9 Å². The van der Waals surface area contributed by atoms with Crippen molar-refractivity contribution in [3.05, 3.63) is 21.3 Å². The van der Waals surface area contributed by atoms with Crippen LogP contribution in [0.1, 0.15) is 30.7 Å². The van der Waals surface area contributed by atoms with Crippen LogP contribution >= 0.6 is 22.9 Å². The number of nitrogens with one attached hydrogen (secondary N) is 1. The highest BCUT2D eigenvalue weighted by Crippen LogP contribution is 2.27. The van der Waals surface area contributed by atoms with Gasteiger partial charge in [-0.25, -0.2) is 0 Å². The molecule has 1 aromatic heterocycles. The van der Waals surface area contributed by atoms with Crippen LogP contribution in [-0.2, 0) is 0 Å². The van der Waals surface area contributed by atoms with Gasteiger partial charge >= 0.3 is 0 Å². The Labute approximate surface area is 123 Å². The molecule has 1 aliphatic rings. The first kappa shape index (κ1) is 14.6. The summed E-state index contributed by atoms with van der Waals surface area (Å²) in [6.45, 7) is 5.37. The van der Waals surface area contributed by atoms with Gasteiger partial charge < -0.3 is 15.3 Å². The van der Waals surface area contributed by atoms with Gasteiger partial charge in [0.1, 0.15) is 6.10 Å². The zero-order valence-corrected chi connectivity index (χ0v) is 12.7. The largest absolute Gasteiger partial charge is 0.386 e. The molecule has 0 saturated carbocycles. The highest BCUT2D eigenvalue weighted by molar-refractivity contribution is 7.16. The molecule has 0 spiro atoms. The van der Waals surface area contributed by atoms with Crippen molar-refractivity contribution in [1.29, 1.82) is 0 Å². The number of nitrogens with zero attached hydrogens (tertiary/aromatic N) is 2. The van der Waals surface area contributed by atoms with Gasteiger partial charge in [-0.15, -0.1) is 11.3 Å². The lowest BCUT2D eigenvalue weighted by molar-refractivity contribution is 0.190. The fourth-order valence-corrected chi connectivity index (χ4v) is 3.16. The lowest BCUT2D eigenvalue weighted by atomic mass is 10.3. The van der Waals surface area contributed by atoms with Crippen LogP contribution in [-0.4, -0.2) is 42.1 Å². The first-order chi connectivity index (χ1) is 9.20. The van der Waals surface area contributed by atoms with E-state index in [0.717, 1.165) is 30.5 Å². The standard InChI is InChI=1S/C13H20ClN3OS/c1-2-15-13(17-7-3-4-8-17)16-9-10(18)11-5-6-12(14)19-11/h5-6,10,18H,2-4,7-9H2,1H3,(H,15,16). The molecule has 2 N–H and O–H groups in total. The van der Waals surface area contributed by atoms with Gasteiger partial charge in [0.25, 0.3) is 0 Å². The average Bonchev–Trinajstić information content (AvgIpc) is 3.05. The molecule has 4 nitrogen and oxygen atoms in total. The zero-order chi connectivity index (χ0) is 13.7. The molecule has 1 saturated heterocycles. The van der Waals surface area contributed by atoms with Gasteiger partial charge in [-0.1, -0.05) is 11.6 Å². The number of hydrogen-bond acceptors (Lipinski definition) is 3. The Morgan fingerprint density at radius 2 is 2.26 bits per heavy atom. The number of hydrogen-bond donors (Lipinski definition) is 2. The minimum absolute atomic E-state index is 0.371. The summed E-state index contributed by atoms with van der Waals surface area (Å²) in [5.74, 6) is 0.904. The SMILES string of the molecule is CCNC(=NCC(O)c1ccc(Cl)s1)N1CCCC1. The third-order valence-corrected chi connectivity index (χ3v) is 4.41. The molecule has 1 atom stereocenters. The molecular formula is C13H20ClN3OS. The Morgan fingerprint density at radius 3 is 2.84 bits per heavy atom. The molecule has 0 amide bonds. The van der Waals surface area contributed by atoms with Crippen LogP contribution in [0.2, 0.25) is 4.34 Å². The molecule has 106 valence electrons. The Balaban J connectivity index is 1.97. The molecule has 1 aliphatic heterocycles. The van der Waals surface area contributed by atoms with E-state index in [2.05, 4.69) is 22.1 Å². The van der Waals surface area contributed by atoms with Crippen LogP contribution in [0, 0.1) is 0 Å². The van der Waals surface area contributed by atoms with Gasteiger partial charge in [-0.3, -0.25) is 4.99 Å². The molecule has 6 heteroatoms. The molecule has 19 heavy (non-hydrogen) atoms. The summed E-state index contributed by atoms with van der Waals surface area (Å²) >= 11 is 7.28. The second-order valence-electron chi connectivity index (χ2n) is 4.55. The molecule has 1 aromatic rings. The van der Waals surface area contributed by atoms with Crippen molar-refractivity contribution >= 4 is 28.9 Å². The molecule has 2 rings (SSSR count). The summed E-state index contributed by atoms with van der Waals surface area (Å²) in [6, 6.07) is 3.66. The highest BCUT2D eigenvalue weighted by atomic mass is 35.5. The summed E-state index contributed by atoms with van der Waals surface area (Å²) < 4.78 is 0.699. The number of rotatable bonds is 4. The predicted molar refractivity (Wildman–Crippen MR) is 81.1 cm³/mol. The van der Waals surface area contributed by atoms with E-state index in [1.807, 2.05) is 6.07 Å². The van der Waals surface area contributed by atoms with Crippen LogP contribution in [0.4, 0.5) is 0 Å². The highest BCUT2D eigenvalue weighted by Gasteiger charge is 2.16. The molecule has 0 aromatic carbocycles. The van der Waals surface area contributed by atoms with Gasteiger partial charge in [0, 0.05) is 24.5 Å².